The third-order valence-corrected chi connectivity index (χ3v) is 5.89. The van der Waals surface area contributed by atoms with Gasteiger partial charge in [-0.25, -0.2) is 9.82 Å². The second kappa shape index (κ2) is 10.4. The molecule has 0 aliphatic rings. The van der Waals surface area contributed by atoms with Gasteiger partial charge in [0.05, 0.1) is 17.6 Å². The first kappa shape index (κ1) is 23.9. The van der Waals surface area contributed by atoms with Gasteiger partial charge in [0.2, 0.25) is 0 Å². The summed E-state index contributed by atoms with van der Waals surface area (Å²) >= 11 is 0. The smallest absolute Gasteiger partial charge is 0.307 e. The average Bonchev–Trinajstić information content (AvgIpc) is 3.64. The van der Waals surface area contributed by atoms with Crippen LogP contribution in [0.4, 0.5) is 4.39 Å². The quantitative estimate of drug-likeness (QED) is 0.213. The maximum absolute atomic E-state index is 14.1. The zero-order valence-electron chi connectivity index (χ0n) is 20.4. The number of furan rings is 1. The van der Waals surface area contributed by atoms with E-state index in [2.05, 4.69) is 41.1 Å². The number of nitrogens with one attached hydrogen (secondary N) is 1. The summed E-state index contributed by atoms with van der Waals surface area (Å²) in [7, 11) is 0. The van der Waals surface area contributed by atoms with E-state index < -0.39 is 5.91 Å². The number of nitrogens with zero attached hydrogens (tertiary/aromatic N) is 3. The highest BCUT2D eigenvalue weighted by atomic mass is 19.1. The first-order chi connectivity index (χ1) is 18.0. The molecule has 1 N–H and O–H groups in total. The van der Waals surface area contributed by atoms with Crippen LogP contribution < -0.4 is 10.2 Å². The first-order valence-electron chi connectivity index (χ1n) is 11.7. The molecule has 0 unspecified atom stereocenters. The van der Waals surface area contributed by atoms with Gasteiger partial charge in [-0.1, -0.05) is 12.1 Å². The van der Waals surface area contributed by atoms with E-state index >= 15 is 0 Å². The monoisotopic (exact) mass is 496 g/mol. The van der Waals surface area contributed by atoms with Crippen LogP contribution in [-0.4, -0.2) is 21.3 Å². The van der Waals surface area contributed by atoms with Gasteiger partial charge in [0.25, 0.3) is 0 Å². The number of aryl methyl sites for hydroxylation is 2. The van der Waals surface area contributed by atoms with Crippen LogP contribution in [-0.2, 0) is 6.61 Å². The minimum absolute atomic E-state index is 0.106. The zero-order valence-corrected chi connectivity index (χ0v) is 20.4. The number of halogens is 1. The number of rotatable bonds is 8. The van der Waals surface area contributed by atoms with Gasteiger partial charge in [-0.2, -0.15) is 5.10 Å². The van der Waals surface area contributed by atoms with Crippen molar-refractivity contribution >= 4 is 12.1 Å². The molecule has 0 bridgehead atoms. The Balaban J connectivity index is 1.17. The molecule has 7 nitrogen and oxygen atoms in total. The van der Waals surface area contributed by atoms with Crippen LogP contribution in [0, 0.1) is 19.7 Å². The van der Waals surface area contributed by atoms with Gasteiger partial charge >= 0.3 is 5.91 Å². The van der Waals surface area contributed by atoms with E-state index in [0.29, 0.717) is 22.9 Å². The van der Waals surface area contributed by atoms with Crippen LogP contribution in [0.2, 0.25) is 0 Å². The number of aromatic nitrogens is 2. The summed E-state index contributed by atoms with van der Waals surface area (Å²) in [4.78, 5) is 12.4. The van der Waals surface area contributed by atoms with Crippen molar-refractivity contribution in [3.63, 3.8) is 0 Å². The number of amides is 1. The van der Waals surface area contributed by atoms with E-state index in [1.54, 1.807) is 53.2 Å². The molecule has 3 aromatic heterocycles. The Labute approximate surface area is 213 Å². The molecule has 0 aliphatic heterocycles. The van der Waals surface area contributed by atoms with Crippen LogP contribution in [0.1, 0.15) is 33.4 Å². The molecule has 5 rings (SSSR count). The van der Waals surface area contributed by atoms with Crippen molar-refractivity contribution in [2.45, 2.75) is 20.5 Å². The van der Waals surface area contributed by atoms with Crippen molar-refractivity contribution in [3.05, 3.63) is 126 Å². The Hall–Kier alpha value is -4.85. The highest BCUT2D eigenvalue weighted by Crippen LogP contribution is 2.21. The van der Waals surface area contributed by atoms with Crippen molar-refractivity contribution in [1.82, 2.24) is 14.6 Å². The Morgan fingerprint density at radius 2 is 1.73 bits per heavy atom. The van der Waals surface area contributed by atoms with Gasteiger partial charge in [-0.05, 0) is 86.6 Å². The highest BCUT2D eigenvalue weighted by Gasteiger charge is 2.12. The number of para-hydroxylation sites is 1. The fourth-order valence-electron chi connectivity index (χ4n) is 4.08. The lowest BCUT2D eigenvalue weighted by Gasteiger charge is -2.10. The van der Waals surface area contributed by atoms with Crippen LogP contribution in [0.25, 0.3) is 11.4 Å². The molecule has 186 valence electrons. The summed E-state index contributed by atoms with van der Waals surface area (Å²) in [6.45, 7) is 4.31. The van der Waals surface area contributed by atoms with Crippen molar-refractivity contribution in [1.29, 1.82) is 0 Å². The van der Waals surface area contributed by atoms with E-state index in [1.807, 2.05) is 24.3 Å². The maximum Gasteiger partial charge on any atom is 0.307 e. The number of hydrogen-bond donors (Lipinski definition) is 1. The first-order valence-corrected chi connectivity index (χ1v) is 11.7. The molecule has 0 fully saturated rings. The summed E-state index contributed by atoms with van der Waals surface area (Å²) in [6.07, 6.45) is 3.16. The van der Waals surface area contributed by atoms with E-state index in [9.17, 15) is 9.18 Å². The van der Waals surface area contributed by atoms with Crippen LogP contribution in [0.3, 0.4) is 0 Å². The van der Waals surface area contributed by atoms with Crippen LogP contribution >= 0.6 is 0 Å². The predicted molar refractivity (Wildman–Crippen MR) is 139 cm³/mol. The average molecular weight is 497 g/mol. The normalized spacial score (nSPS) is 11.2. The predicted octanol–water partition coefficient (Wildman–Crippen LogP) is 5.96. The van der Waals surface area contributed by atoms with E-state index in [-0.39, 0.29) is 18.2 Å². The molecule has 0 saturated heterocycles. The van der Waals surface area contributed by atoms with Gasteiger partial charge in [0.15, 0.2) is 5.76 Å². The third-order valence-electron chi connectivity index (χ3n) is 5.89. The summed E-state index contributed by atoms with van der Waals surface area (Å²) in [6, 6.07) is 25.2. The van der Waals surface area contributed by atoms with Crippen LogP contribution in [0.15, 0.2) is 101 Å². The Morgan fingerprint density at radius 1 is 0.973 bits per heavy atom. The SMILES string of the molecule is Cc1ccc(C)n1-c1ccc(OCc2ccc(C(=O)NN=Cc3cccn3-c3ccccc3F)o2)cc1. The Morgan fingerprint density at radius 3 is 2.49 bits per heavy atom. The summed E-state index contributed by atoms with van der Waals surface area (Å²) < 4.78 is 29.4. The minimum atomic E-state index is -0.506. The third kappa shape index (κ3) is 5.23. The van der Waals surface area contributed by atoms with Crippen molar-refractivity contribution < 1.29 is 18.3 Å². The summed E-state index contributed by atoms with van der Waals surface area (Å²) in [5.41, 5.74) is 6.81. The topological polar surface area (TPSA) is 73.7 Å². The second-order valence-electron chi connectivity index (χ2n) is 8.45. The second-order valence-corrected chi connectivity index (χ2v) is 8.45. The lowest BCUT2D eigenvalue weighted by Crippen LogP contribution is -2.17. The largest absolute Gasteiger partial charge is 0.486 e. The van der Waals surface area contributed by atoms with Crippen molar-refractivity contribution in [2.24, 2.45) is 5.10 Å². The molecule has 8 heteroatoms. The molecule has 37 heavy (non-hydrogen) atoms. The van der Waals surface area contributed by atoms with Crippen LogP contribution in [0.5, 0.6) is 5.75 Å². The van der Waals surface area contributed by atoms with E-state index in [1.165, 1.54) is 12.3 Å². The number of hydrazone groups is 1. The van der Waals surface area contributed by atoms with E-state index in [0.717, 1.165) is 17.1 Å². The molecule has 5 aromatic rings. The number of carbonyl (C=O) groups is 1. The molecule has 0 atom stereocenters. The molecule has 1 amide bonds. The van der Waals surface area contributed by atoms with Gasteiger partial charge in [0.1, 0.15) is 23.9 Å². The molecular weight excluding hydrogens is 471 g/mol. The summed E-state index contributed by atoms with van der Waals surface area (Å²) in [5.74, 6) is 0.437. The molecule has 0 radical (unpaired) electrons. The molecule has 0 aliphatic carbocycles. The lowest BCUT2D eigenvalue weighted by molar-refractivity contribution is 0.0923. The van der Waals surface area contributed by atoms with E-state index in [4.69, 9.17) is 9.15 Å². The van der Waals surface area contributed by atoms with Gasteiger partial charge < -0.3 is 18.3 Å². The Kier molecular flexibility index (Phi) is 6.72. The lowest BCUT2D eigenvalue weighted by atomic mass is 10.3. The number of benzene rings is 2. The number of ether oxygens (including phenoxy) is 1. The van der Waals surface area contributed by atoms with Crippen molar-refractivity contribution in [2.75, 3.05) is 0 Å². The van der Waals surface area contributed by atoms with Gasteiger partial charge in [-0.3, -0.25) is 4.79 Å². The molecule has 2 aromatic carbocycles. The summed E-state index contributed by atoms with van der Waals surface area (Å²) in [5, 5.41) is 3.99. The zero-order chi connectivity index (χ0) is 25.8. The standard InChI is InChI=1S/C29H25FN4O3/c1-20-9-10-21(2)34(20)22-11-13-24(14-12-22)36-19-25-15-16-28(37-25)29(35)32-31-18-23-6-5-17-33(23)27-8-4-3-7-26(27)30/h3-18H,19H2,1-2H3,(H,32,35). The Bertz CT molecular complexity index is 1540. The molecular formula is C29H25FN4O3. The fourth-order valence-corrected chi connectivity index (χ4v) is 4.08. The van der Waals surface area contributed by atoms with Gasteiger partial charge in [-0.15, -0.1) is 0 Å². The number of hydrogen-bond acceptors (Lipinski definition) is 4. The fraction of sp³-hybridized carbons (Fsp3) is 0.103. The van der Waals surface area contributed by atoms with Gasteiger partial charge in [0, 0.05) is 23.3 Å². The molecule has 0 saturated carbocycles. The maximum atomic E-state index is 14.1. The molecule has 3 heterocycles. The number of carbonyl (C=O) groups excluding carboxylic acids is 1. The molecule has 0 spiro atoms. The highest BCUT2D eigenvalue weighted by molar-refractivity contribution is 5.92. The van der Waals surface area contributed by atoms with Crippen molar-refractivity contribution in [3.8, 4) is 17.1 Å². The minimum Gasteiger partial charge on any atom is -0.486 e.